The molecule has 1 aromatic rings. The monoisotopic (exact) mass is 632 g/mol. The van der Waals surface area contributed by atoms with Crippen molar-refractivity contribution in [2.24, 2.45) is 17.6 Å². The summed E-state index contributed by atoms with van der Waals surface area (Å²) in [7, 11) is 4.42. The number of amides is 3. The van der Waals surface area contributed by atoms with Gasteiger partial charge in [0, 0.05) is 33.7 Å². The van der Waals surface area contributed by atoms with E-state index in [0.29, 0.717) is 19.5 Å². The average Bonchev–Trinajstić information content (AvgIpc) is 3.54. The Morgan fingerprint density at radius 2 is 1.76 bits per heavy atom. The maximum Gasteiger partial charge on any atom is 0.328 e. The summed E-state index contributed by atoms with van der Waals surface area (Å²) < 4.78 is 16.8. The summed E-state index contributed by atoms with van der Waals surface area (Å²) in [5, 5.41) is 2.85. The van der Waals surface area contributed by atoms with Crippen LogP contribution in [-0.2, 0) is 39.8 Å². The first-order chi connectivity index (χ1) is 21.6. The normalized spacial score (nSPS) is 18.8. The van der Waals surface area contributed by atoms with Gasteiger partial charge in [-0.2, -0.15) is 0 Å². The third-order valence-electron chi connectivity index (χ3n) is 9.16. The van der Waals surface area contributed by atoms with E-state index in [4.69, 9.17) is 19.9 Å². The lowest BCUT2D eigenvalue weighted by molar-refractivity contribution is -0.148. The van der Waals surface area contributed by atoms with Crippen LogP contribution in [0.2, 0.25) is 0 Å². The molecule has 7 atom stereocenters. The molecule has 1 aliphatic heterocycles. The molecule has 11 heteroatoms. The van der Waals surface area contributed by atoms with Gasteiger partial charge in [-0.15, -0.1) is 0 Å². The van der Waals surface area contributed by atoms with E-state index in [0.717, 1.165) is 31.2 Å². The van der Waals surface area contributed by atoms with E-state index in [9.17, 15) is 19.2 Å². The number of nitrogens with two attached hydrogens (primary N) is 1. The number of esters is 1. The number of carbonyl (C=O) groups is 4. The minimum atomic E-state index is -0.863. The van der Waals surface area contributed by atoms with E-state index in [2.05, 4.69) is 26.1 Å². The predicted molar refractivity (Wildman–Crippen MR) is 173 cm³/mol. The molecular weight excluding hydrogens is 576 g/mol. The van der Waals surface area contributed by atoms with Crippen molar-refractivity contribution in [3.8, 4) is 0 Å². The SMILES string of the molecule is CCCCN(C(=O)CN)C(C(C)CC)C(CC(=O)N1CCCC1C(OC)C(C)C(=O)NC(Cc1ccccc1)C(=O)OC)OC. The predicted octanol–water partition coefficient (Wildman–Crippen LogP) is 2.94. The Morgan fingerprint density at radius 1 is 1.07 bits per heavy atom. The van der Waals surface area contributed by atoms with Crippen molar-refractivity contribution in [1.82, 2.24) is 15.1 Å². The van der Waals surface area contributed by atoms with Crippen LogP contribution in [0.3, 0.4) is 0 Å². The van der Waals surface area contributed by atoms with Gasteiger partial charge in [0.1, 0.15) is 6.04 Å². The Morgan fingerprint density at radius 3 is 2.31 bits per heavy atom. The third-order valence-corrected chi connectivity index (χ3v) is 9.16. The maximum atomic E-state index is 13.9. The van der Waals surface area contributed by atoms with Crippen LogP contribution in [0.4, 0.5) is 0 Å². The summed E-state index contributed by atoms with van der Waals surface area (Å²) in [5.74, 6) is -1.73. The molecular formula is C34H56N4O7. The first-order valence-corrected chi connectivity index (χ1v) is 16.3. The lowest BCUT2D eigenvalue weighted by Crippen LogP contribution is -2.55. The largest absolute Gasteiger partial charge is 0.467 e. The molecule has 1 fully saturated rings. The van der Waals surface area contributed by atoms with Gasteiger partial charge in [-0.05, 0) is 30.7 Å². The highest BCUT2D eigenvalue weighted by atomic mass is 16.5. The quantitative estimate of drug-likeness (QED) is 0.222. The number of likely N-dealkylation sites (tertiary alicyclic amines) is 1. The van der Waals surface area contributed by atoms with Crippen molar-refractivity contribution in [2.45, 2.75) is 103 Å². The van der Waals surface area contributed by atoms with Crippen molar-refractivity contribution >= 4 is 23.7 Å². The first kappa shape index (κ1) is 38.2. The molecule has 3 N–H and O–H groups in total. The molecule has 0 radical (unpaired) electrons. The lowest BCUT2D eigenvalue weighted by atomic mass is 9.89. The van der Waals surface area contributed by atoms with Crippen LogP contribution in [-0.4, -0.2) is 105 Å². The molecule has 0 aromatic heterocycles. The van der Waals surface area contributed by atoms with Gasteiger partial charge < -0.3 is 35.1 Å². The fourth-order valence-electron chi connectivity index (χ4n) is 6.41. The minimum absolute atomic E-state index is 0.0820. The number of ether oxygens (including phenoxy) is 3. The summed E-state index contributed by atoms with van der Waals surface area (Å²) >= 11 is 0. The second-order valence-corrected chi connectivity index (χ2v) is 12.1. The van der Waals surface area contributed by atoms with Crippen LogP contribution >= 0.6 is 0 Å². The van der Waals surface area contributed by atoms with Crippen LogP contribution < -0.4 is 11.1 Å². The summed E-state index contributed by atoms with van der Waals surface area (Å²) in [4.78, 5) is 56.6. The van der Waals surface area contributed by atoms with E-state index in [1.54, 1.807) is 23.8 Å². The number of nitrogens with one attached hydrogen (secondary N) is 1. The third kappa shape index (κ3) is 10.5. The van der Waals surface area contributed by atoms with Gasteiger partial charge in [0.2, 0.25) is 17.7 Å². The number of hydrogen-bond acceptors (Lipinski definition) is 8. The highest BCUT2D eigenvalue weighted by Crippen LogP contribution is 2.29. The molecule has 1 heterocycles. The van der Waals surface area contributed by atoms with Crippen LogP contribution in [0, 0.1) is 11.8 Å². The zero-order valence-electron chi connectivity index (χ0n) is 28.3. The summed E-state index contributed by atoms with van der Waals surface area (Å²) in [5.41, 5.74) is 6.69. The first-order valence-electron chi connectivity index (χ1n) is 16.3. The Bertz CT molecular complexity index is 1070. The molecule has 1 saturated heterocycles. The molecule has 45 heavy (non-hydrogen) atoms. The fraction of sp³-hybridized carbons (Fsp3) is 0.706. The molecule has 2 rings (SSSR count). The Kier molecular flexibility index (Phi) is 16.5. The number of rotatable bonds is 19. The van der Waals surface area contributed by atoms with Crippen molar-refractivity contribution in [2.75, 3.05) is 41.0 Å². The van der Waals surface area contributed by atoms with E-state index < -0.39 is 30.1 Å². The zero-order chi connectivity index (χ0) is 33.5. The zero-order valence-corrected chi connectivity index (χ0v) is 28.3. The van der Waals surface area contributed by atoms with Crippen molar-refractivity contribution < 1.29 is 33.4 Å². The van der Waals surface area contributed by atoms with Crippen molar-refractivity contribution in [1.29, 1.82) is 0 Å². The van der Waals surface area contributed by atoms with E-state index in [1.807, 2.05) is 30.3 Å². The number of unbranched alkanes of at least 4 members (excludes halogenated alkanes) is 1. The number of benzene rings is 1. The van der Waals surface area contributed by atoms with E-state index >= 15 is 0 Å². The molecule has 0 spiro atoms. The smallest absolute Gasteiger partial charge is 0.328 e. The number of carbonyl (C=O) groups excluding carboxylic acids is 4. The molecule has 0 aliphatic carbocycles. The molecule has 0 bridgehead atoms. The number of methoxy groups -OCH3 is 3. The summed E-state index contributed by atoms with van der Waals surface area (Å²) in [6.07, 6.45) is 3.24. The minimum Gasteiger partial charge on any atom is -0.467 e. The molecule has 11 nitrogen and oxygen atoms in total. The highest BCUT2D eigenvalue weighted by molar-refractivity contribution is 5.86. The molecule has 254 valence electrons. The number of hydrogen-bond donors (Lipinski definition) is 2. The second-order valence-electron chi connectivity index (χ2n) is 12.1. The second kappa shape index (κ2) is 19.5. The van der Waals surface area contributed by atoms with Gasteiger partial charge in [-0.1, -0.05) is 70.9 Å². The Hall–Kier alpha value is -3.02. The van der Waals surface area contributed by atoms with E-state index in [1.165, 1.54) is 14.2 Å². The van der Waals surface area contributed by atoms with Crippen LogP contribution in [0.25, 0.3) is 0 Å². The van der Waals surface area contributed by atoms with Crippen molar-refractivity contribution in [3.63, 3.8) is 0 Å². The van der Waals surface area contributed by atoms with Crippen LogP contribution in [0.15, 0.2) is 30.3 Å². The van der Waals surface area contributed by atoms with Gasteiger partial charge in [-0.25, -0.2) is 4.79 Å². The summed E-state index contributed by atoms with van der Waals surface area (Å²) in [6, 6.07) is 7.90. The van der Waals surface area contributed by atoms with Gasteiger partial charge in [0.15, 0.2) is 0 Å². The standard InChI is InChI=1S/C34H56N4O7/c1-8-10-18-38(30(40)22-35)31(23(3)9-2)28(43-5)21-29(39)37-19-14-17-27(37)32(44-6)24(4)33(41)36-26(34(42)45-7)20-25-15-12-11-13-16-25/h11-13,15-16,23-24,26-28,31-32H,8-10,14,17-22,35H2,1-7H3,(H,36,41). The van der Waals surface area contributed by atoms with Crippen LogP contribution in [0.5, 0.6) is 0 Å². The van der Waals surface area contributed by atoms with Crippen molar-refractivity contribution in [3.05, 3.63) is 35.9 Å². The topological polar surface area (TPSA) is 140 Å². The van der Waals surface area contributed by atoms with Gasteiger partial charge >= 0.3 is 5.97 Å². The molecule has 3 amide bonds. The Balaban J connectivity index is 2.23. The van der Waals surface area contributed by atoms with Crippen LogP contribution in [0.1, 0.15) is 71.8 Å². The average molecular weight is 633 g/mol. The molecule has 1 aliphatic rings. The lowest BCUT2D eigenvalue weighted by Gasteiger charge is -2.41. The molecule has 1 aromatic carbocycles. The maximum absolute atomic E-state index is 13.9. The Labute approximate surface area is 269 Å². The number of nitrogens with zero attached hydrogens (tertiary/aromatic N) is 2. The van der Waals surface area contributed by atoms with E-state index in [-0.39, 0.29) is 55.1 Å². The molecule has 0 saturated carbocycles. The fourth-order valence-corrected chi connectivity index (χ4v) is 6.41. The summed E-state index contributed by atoms with van der Waals surface area (Å²) in [6.45, 7) is 8.94. The van der Waals surface area contributed by atoms with Gasteiger partial charge in [0.05, 0.1) is 50.3 Å². The van der Waals surface area contributed by atoms with Gasteiger partial charge in [-0.3, -0.25) is 14.4 Å². The highest BCUT2D eigenvalue weighted by Gasteiger charge is 2.42. The molecule has 7 unspecified atom stereocenters. The van der Waals surface area contributed by atoms with Gasteiger partial charge in [0.25, 0.3) is 0 Å².